The number of carbonyl (C=O) groups is 2. The molecule has 0 saturated heterocycles. The number of ketones is 1. The Morgan fingerprint density at radius 3 is 2.41 bits per heavy atom. The Morgan fingerprint density at radius 1 is 1.07 bits per heavy atom. The van der Waals surface area contributed by atoms with Crippen LogP contribution < -0.4 is 10.1 Å². The van der Waals surface area contributed by atoms with Crippen LogP contribution in [0.25, 0.3) is 0 Å². The highest BCUT2D eigenvalue weighted by Gasteiger charge is 2.20. The molecule has 0 bridgehead atoms. The zero-order valence-corrected chi connectivity index (χ0v) is 16.7. The SMILES string of the molecule is COc1ccc(C(=O)CCCC(=O)NC(c2ccccc2)c2nccn2C)cc1. The second-order valence-corrected chi connectivity index (χ2v) is 6.81. The van der Waals surface area contributed by atoms with Gasteiger partial charge in [0, 0.05) is 37.8 Å². The Hall–Kier alpha value is -3.41. The van der Waals surface area contributed by atoms with E-state index in [9.17, 15) is 9.59 Å². The van der Waals surface area contributed by atoms with Gasteiger partial charge in [-0.3, -0.25) is 9.59 Å². The molecule has 0 aliphatic carbocycles. The van der Waals surface area contributed by atoms with Crippen molar-refractivity contribution in [1.29, 1.82) is 0 Å². The van der Waals surface area contributed by atoms with Crippen LogP contribution in [-0.4, -0.2) is 28.4 Å². The molecule has 0 spiro atoms. The van der Waals surface area contributed by atoms with Crippen molar-refractivity contribution in [3.8, 4) is 5.75 Å². The predicted octanol–water partition coefficient (Wildman–Crippen LogP) is 3.69. The van der Waals surface area contributed by atoms with Gasteiger partial charge in [0.2, 0.25) is 5.91 Å². The molecule has 6 nitrogen and oxygen atoms in total. The van der Waals surface area contributed by atoms with E-state index in [4.69, 9.17) is 4.74 Å². The Balaban J connectivity index is 1.57. The fourth-order valence-corrected chi connectivity index (χ4v) is 3.16. The highest BCUT2D eigenvalue weighted by molar-refractivity contribution is 5.96. The van der Waals surface area contributed by atoms with Gasteiger partial charge in [-0.15, -0.1) is 0 Å². The van der Waals surface area contributed by atoms with E-state index >= 15 is 0 Å². The van der Waals surface area contributed by atoms with Crippen molar-refractivity contribution in [1.82, 2.24) is 14.9 Å². The van der Waals surface area contributed by atoms with Gasteiger partial charge in [0.1, 0.15) is 17.6 Å². The monoisotopic (exact) mass is 391 g/mol. The van der Waals surface area contributed by atoms with Gasteiger partial charge in [-0.25, -0.2) is 4.98 Å². The standard InChI is InChI=1S/C23H25N3O3/c1-26-16-15-24-23(26)22(18-7-4-3-5-8-18)25-21(28)10-6-9-20(27)17-11-13-19(29-2)14-12-17/h3-5,7-8,11-16,22H,6,9-10H2,1-2H3,(H,25,28). The fraction of sp³-hybridized carbons (Fsp3) is 0.261. The summed E-state index contributed by atoms with van der Waals surface area (Å²) >= 11 is 0. The number of carbonyl (C=O) groups excluding carboxylic acids is 2. The summed E-state index contributed by atoms with van der Waals surface area (Å²) in [6.07, 6.45) is 4.64. The van der Waals surface area contributed by atoms with Crippen LogP contribution in [0.3, 0.4) is 0 Å². The number of rotatable bonds is 9. The zero-order chi connectivity index (χ0) is 20.6. The van der Waals surface area contributed by atoms with Crippen LogP contribution in [0.4, 0.5) is 0 Å². The molecule has 0 saturated carbocycles. The van der Waals surface area contributed by atoms with E-state index in [0.717, 1.165) is 11.4 Å². The summed E-state index contributed by atoms with van der Waals surface area (Å²) in [7, 11) is 3.49. The first-order valence-corrected chi connectivity index (χ1v) is 9.57. The lowest BCUT2D eigenvalue weighted by molar-refractivity contribution is -0.121. The third kappa shape index (κ3) is 5.31. The molecule has 0 fully saturated rings. The number of imidazole rings is 1. The third-order valence-electron chi connectivity index (χ3n) is 4.77. The Labute approximate surface area is 170 Å². The Morgan fingerprint density at radius 2 is 1.79 bits per heavy atom. The number of nitrogens with zero attached hydrogens (tertiary/aromatic N) is 2. The van der Waals surface area contributed by atoms with E-state index in [1.165, 1.54) is 0 Å². The molecule has 0 radical (unpaired) electrons. The minimum Gasteiger partial charge on any atom is -0.497 e. The van der Waals surface area contributed by atoms with Crippen molar-refractivity contribution in [3.05, 3.63) is 83.9 Å². The summed E-state index contributed by atoms with van der Waals surface area (Å²) in [5, 5.41) is 3.06. The van der Waals surface area contributed by atoms with Gasteiger partial charge in [0.05, 0.1) is 7.11 Å². The molecule has 1 aromatic heterocycles. The van der Waals surface area contributed by atoms with E-state index in [1.807, 2.05) is 48.1 Å². The molecule has 1 N–H and O–H groups in total. The highest BCUT2D eigenvalue weighted by Crippen LogP contribution is 2.20. The molecular formula is C23H25N3O3. The number of hydrogen-bond donors (Lipinski definition) is 1. The first-order valence-electron chi connectivity index (χ1n) is 9.57. The zero-order valence-electron chi connectivity index (χ0n) is 16.7. The van der Waals surface area contributed by atoms with E-state index < -0.39 is 0 Å². The van der Waals surface area contributed by atoms with Gasteiger partial charge in [0.25, 0.3) is 0 Å². The number of aryl methyl sites for hydroxylation is 1. The molecular weight excluding hydrogens is 366 g/mol. The van der Waals surface area contributed by atoms with Crippen molar-refractivity contribution in [2.24, 2.45) is 7.05 Å². The molecule has 1 atom stereocenters. The first kappa shape index (κ1) is 20.3. The highest BCUT2D eigenvalue weighted by atomic mass is 16.5. The largest absolute Gasteiger partial charge is 0.497 e. The van der Waals surface area contributed by atoms with Gasteiger partial charge >= 0.3 is 0 Å². The number of amides is 1. The maximum absolute atomic E-state index is 12.6. The molecule has 0 aliphatic heterocycles. The summed E-state index contributed by atoms with van der Waals surface area (Å²) in [5.41, 5.74) is 1.59. The summed E-state index contributed by atoms with van der Waals surface area (Å²) in [5.74, 6) is 1.38. The van der Waals surface area contributed by atoms with Crippen LogP contribution in [0.1, 0.15) is 47.1 Å². The van der Waals surface area contributed by atoms with Crippen molar-refractivity contribution in [3.63, 3.8) is 0 Å². The van der Waals surface area contributed by atoms with Crippen LogP contribution in [-0.2, 0) is 11.8 Å². The predicted molar refractivity (Wildman–Crippen MR) is 111 cm³/mol. The summed E-state index contributed by atoms with van der Waals surface area (Å²) in [4.78, 5) is 29.3. The minimum atomic E-state index is -0.332. The van der Waals surface area contributed by atoms with Crippen LogP contribution >= 0.6 is 0 Å². The van der Waals surface area contributed by atoms with Crippen molar-refractivity contribution in [2.75, 3.05) is 7.11 Å². The van der Waals surface area contributed by atoms with Gasteiger partial charge in [0.15, 0.2) is 5.78 Å². The smallest absolute Gasteiger partial charge is 0.220 e. The van der Waals surface area contributed by atoms with Crippen molar-refractivity contribution < 1.29 is 14.3 Å². The van der Waals surface area contributed by atoms with Gasteiger partial charge < -0.3 is 14.6 Å². The second kappa shape index (κ2) is 9.68. The fourth-order valence-electron chi connectivity index (χ4n) is 3.16. The van der Waals surface area contributed by atoms with Crippen molar-refractivity contribution >= 4 is 11.7 Å². The number of hydrogen-bond acceptors (Lipinski definition) is 4. The summed E-state index contributed by atoms with van der Waals surface area (Å²) < 4.78 is 7.00. The average molecular weight is 391 g/mol. The molecule has 150 valence electrons. The molecule has 1 amide bonds. The number of Topliss-reactive ketones (excluding diaryl/α,β-unsaturated/α-hetero) is 1. The quantitative estimate of drug-likeness (QED) is 0.565. The van der Waals surface area contributed by atoms with E-state index in [0.29, 0.717) is 24.2 Å². The maximum Gasteiger partial charge on any atom is 0.220 e. The molecule has 0 aliphatic rings. The Kier molecular flexibility index (Phi) is 6.79. The van der Waals surface area contributed by atoms with Gasteiger partial charge in [-0.1, -0.05) is 30.3 Å². The van der Waals surface area contributed by atoms with Gasteiger partial charge in [-0.2, -0.15) is 0 Å². The number of benzene rings is 2. The van der Waals surface area contributed by atoms with Crippen LogP contribution in [0, 0.1) is 0 Å². The summed E-state index contributed by atoms with van der Waals surface area (Å²) in [6, 6.07) is 16.4. The molecule has 3 aromatic rings. The number of methoxy groups -OCH3 is 1. The lowest BCUT2D eigenvalue weighted by Crippen LogP contribution is -2.31. The topological polar surface area (TPSA) is 73.2 Å². The van der Waals surface area contributed by atoms with Crippen molar-refractivity contribution in [2.45, 2.75) is 25.3 Å². The molecule has 2 aromatic carbocycles. The summed E-state index contributed by atoms with van der Waals surface area (Å²) in [6.45, 7) is 0. The molecule has 3 rings (SSSR count). The molecule has 6 heteroatoms. The number of ether oxygens (including phenoxy) is 1. The van der Waals surface area contributed by atoms with E-state index in [-0.39, 0.29) is 24.2 Å². The van der Waals surface area contributed by atoms with E-state index in [2.05, 4.69) is 10.3 Å². The molecule has 1 unspecified atom stereocenters. The normalized spacial score (nSPS) is 11.7. The number of aromatic nitrogens is 2. The van der Waals surface area contributed by atoms with E-state index in [1.54, 1.807) is 37.6 Å². The average Bonchev–Trinajstić information content (AvgIpc) is 3.18. The maximum atomic E-state index is 12.6. The van der Waals surface area contributed by atoms with Crippen LogP contribution in [0.15, 0.2) is 67.0 Å². The number of nitrogens with one attached hydrogen (secondary N) is 1. The third-order valence-corrected chi connectivity index (χ3v) is 4.77. The Bertz CT molecular complexity index is 949. The van der Waals surface area contributed by atoms with Crippen LogP contribution in [0.2, 0.25) is 0 Å². The lowest BCUT2D eigenvalue weighted by Gasteiger charge is -2.19. The van der Waals surface area contributed by atoms with Gasteiger partial charge in [-0.05, 0) is 36.2 Å². The minimum absolute atomic E-state index is 0.0177. The second-order valence-electron chi connectivity index (χ2n) is 6.81. The molecule has 1 heterocycles. The van der Waals surface area contributed by atoms with Crippen LogP contribution in [0.5, 0.6) is 5.75 Å². The lowest BCUT2D eigenvalue weighted by atomic mass is 10.0. The molecule has 29 heavy (non-hydrogen) atoms. The first-order chi connectivity index (χ1) is 14.1.